The second-order valence-electron chi connectivity index (χ2n) is 1.76. The van der Waals surface area contributed by atoms with E-state index in [1.807, 2.05) is 0 Å². The molecular weight excluding hydrogens is 252 g/mol. The van der Waals surface area contributed by atoms with Crippen molar-refractivity contribution in [1.29, 1.82) is 15.8 Å². The highest BCUT2D eigenvalue weighted by molar-refractivity contribution is 8.04. The molecule has 6 nitrogen and oxygen atoms in total. The van der Waals surface area contributed by atoms with E-state index in [1.165, 1.54) is 0 Å². The van der Waals surface area contributed by atoms with E-state index < -0.39 is 0 Å². The summed E-state index contributed by atoms with van der Waals surface area (Å²) in [5.41, 5.74) is 0. The lowest BCUT2D eigenvalue weighted by Crippen LogP contribution is -1.94. The van der Waals surface area contributed by atoms with Gasteiger partial charge in [0, 0.05) is 35.3 Å². The molecule has 0 saturated carbocycles. The molecule has 0 saturated heterocycles. The van der Waals surface area contributed by atoms with Gasteiger partial charge in [0.05, 0.1) is 0 Å². The maximum atomic E-state index is 8.43. The van der Waals surface area contributed by atoms with Crippen molar-refractivity contribution in [2.45, 2.75) is 15.5 Å². The maximum Gasteiger partial charge on any atom is 0.207 e. The fourth-order valence-corrected chi connectivity index (χ4v) is 1.79. The highest BCUT2D eigenvalue weighted by Crippen LogP contribution is 2.20. The van der Waals surface area contributed by atoms with Crippen LogP contribution < -0.4 is 0 Å². The zero-order chi connectivity index (χ0) is 11.1. The molecule has 0 aliphatic rings. The number of rotatable bonds is 3. The van der Waals surface area contributed by atoms with Crippen molar-refractivity contribution in [2.75, 3.05) is 0 Å². The lowest BCUT2D eigenvalue weighted by Gasteiger charge is -1.97. The van der Waals surface area contributed by atoms with E-state index in [0.717, 1.165) is 35.3 Å². The van der Waals surface area contributed by atoms with Gasteiger partial charge in [0.1, 0.15) is 16.2 Å². The lowest BCUT2D eigenvalue weighted by atomic mass is 11.1. The lowest BCUT2D eigenvalue weighted by molar-refractivity contribution is 0.721. The molecule has 1 aromatic rings. The topological polar surface area (TPSA) is 110 Å². The Bertz CT molecular complexity index is 397. The van der Waals surface area contributed by atoms with E-state index in [0.29, 0.717) is 0 Å². The van der Waals surface area contributed by atoms with Gasteiger partial charge in [-0.2, -0.15) is 30.7 Å². The van der Waals surface area contributed by atoms with Crippen LogP contribution in [0.25, 0.3) is 0 Å². The summed E-state index contributed by atoms with van der Waals surface area (Å²) in [6.07, 6.45) is 0. The Morgan fingerprint density at radius 3 is 1.13 bits per heavy atom. The van der Waals surface area contributed by atoms with Crippen molar-refractivity contribution in [1.82, 2.24) is 15.0 Å². The van der Waals surface area contributed by atoms with Gasteiger partial charge in [-0.1, -0.05) is 0 Å². The first kappa shape index (κ1) is 11.6. The smallest absolute Gasteiger partial charge is 0.194 e. The van der Waals surface area contributed by atoms with Crippen LogP contribution in [0.2, 0.25) is 0 Å². The number of aromatic nitrogens is 3. The minimum Gasteiger partial charge on any atom is -0.194 e. The van der Waals surface area contributed by atoms with Gasteiger partial charge in [0.2, 0.25) is 15.5 Å². The van der Waals surface area contributed by atoms with Crippen molar-refractivity contribution < 1.29 is 0 Å². The van der Waals surface area contributed by atoms with Crippen LogP contribution in [0.4, 0.5) is 0 Å². The van der Waals surface area contributed by atoms with E-state index in [9.17, 15) is 0 Å². The van der Waals surface area contributed by atoms with Crippen molar-refractivity contribution in [3.05, 3.63) is 0 Å². The van der Waals surface area contributed by atoms with Crippen molar-refractivity contribution >= 4 is 35.3 Å². The summed E-state index contributed by atoms with van der Waals surface area (Å²) in [6.45, 7) is 0. The predicted octanol–water partition coefficient (Wildman–Crippen LogP) is 1.59. The summed E-state index contributed by atoms with van der Waals surface area (Å²) in [4.78, 5) is 11.5. The van der Waals surface area contributed by atoms with Gasteiger partial charge in [0.25, 0.3) is 0 Å². The number of thiocyanates is 3. The highest BCUT2D eigenvalue weighted by Gasteiger charge is 2.07. The summed E-state index contributed by atoms with van der Waals surface area (Å²) >= 11 is 2.26. The van der Waals surface area contributed by atoms with E-state index in [1.54, 1.807) is 16.2 Å². The highest BCUT2D eigenvalue weighted by atomic mass is 32.2. The van der Waals surface area contributed by atoms with E-state index >= 15 is 0 Å². The molecule has 0 N–H and O–H groups in total. The van der Waals surface area contributed by atoms with Crippen molar-refractivity contribution in [2.24, 2.45) is 0 Å². The summed E-state index contributed by atoms with van der Waals surface area (Å²) in [6, 6.07) is 0. The maximum absolute atomic E-state index is 8.43. The Morgan fingerprint density at radius 1 is 0.667 bits per heavy atom. The third-order valence-corrected chi connectivity index (χ3v) is 2.35. The Labute approximate surface area is 97.7 Å². The number of hydrogen-bond donors (Lipinski definition) is 0. The normalized spacial score (nSPS) is 8.60. The zero-order valence-corrected chi connectivity index (χ0v) is 9.36. The number of nitriles is 3. The molecule has 0 aliphatic heterocycles. The summed E-state index contributed by atoms with van der Waals surface area (Å²) in [7, 11) is 0. The fraction of sp³-hybridized carbons (Fsp3) is 0. The molecule has 15 heavy (non-hydrogen) atoms. The first-order valence-corrected chi connectivity index (χ1v) is 5.69. The summed E-state index contributed by atoms with van der Waals surface area (Å²) in [5, 5.41) is 31.2. The van der Waals surface area contributed by atoms with E-state index in [2.05, 4.69) is 15.0 Å². The molecule has 0 fully saturated rings. The van der Waals surface area contributed by atoms with E-state index in [-0.39, 0.29) is 15.5 Å². The van der Waals surface area contributed by atoms with Crippen LogP contribution >= 0.6 is 35.3 Å². The minimum atomic E-state index is 0.183. The van der Waals surface area contributed by atoms with Gasteiger partial charge in [0.15, 0.2) is 0 Å². The predicted molar refractivity (Wildman–Crippen MR) is 54.2 cm³/mol. The standard InChI is InChI=1S/C6N6S3/c7-1-13-4-10-5(14-2-8)12-6(11-4)15-3-9. The molecule has 1 aromatic heterocycles. The van der Waals surface area contributed by atoms with Crippen LogP contribution in [-0.4, -0.2) is 15.0 Å². The Morgan fingerprint density at radius 2 is 0.933 bits per heavy atom. The minimum absolute atomic E-state index is 0.183. The molecule has 0 bridgehead atoms. The Hall–Kier alpha value is -1.47. The van der Waals surface area contributed by atoms with Gasteiger partial charge in [-0.3, -0.25) is 0 Å². The van der Waals surface area contributed by atoms with Gasteiger partial charge in [-0.15, -0.1) is 0 Å². The van der Waals surface area contributed by atoms with Gasteiger partial charge in [-0.05, 0) is 0 Å². The first-order valence-electron chi connectivity index (χ1n) is 3.24. The quantitative estimate of drug-likeness (QED) is 0.584. The molecule has 1 heterocycles. The molecule has 0 aliphatic carbocycles. The zero-order valence-electron chi connectivity index (χ0n) is 6.91. The SMILES string of the molecule is N#CSc1nc(SC#N)nc(SC#N)n1. The van der Waals surface area contributed by atoms with Crippen LogP contribution in [0.1, 0.15) is 0 Å². The van der Waals surface area contributed by atoms with Gasteiger partial charge >= 0.3 is 0 Å². The molecule has 1 rings (SSSR count). The van der Waals surface area contributed by atoms with Gasteiger partial charge < -0.3 is 0 Å². The fourth-order valence-electron chi connectivity index (χ4n) is 0.580. The van der Waals surface area contributed by atoms with E-state index in [4.69, 9.17) is 15.8 Å². The molecule has 0 atom stereocenters. The third kappa shape index (κ3) is 3.64. The molecule has 0 unspecified atom stereocenters. The molecule has 9 heteroatoms. The number of hydrogen-bond acceptors (Lipinski definition) is 9. The van der Waals surface area contributed by atoms with Gasteiger partial charge in [-0.25, -0.2) is 0 Å². The third-order valence-electron chi connectivity index (χ3n) is 0.985. The number of thioether (sulfide) groups is 3. The van der Waals surface area contributed by atoms with Crippen LogP contribution in [0.15, 0.2) is 15.5 Å². The Balaban J connectivity index is 3.05. The molecule has 0 aromatic carbocycles. The molecule has 0 amide bonds. The average Bonchev–Trinajstić information content (AvgIpc) is 2.19. The van der Waals surface area contributed by atoms with Crippen molar-refractivity contribution in [3.63, 3.8) is 0 Å². The summed E-state index contributed by atoms with van der Waals surface area (Å²) in [5.74, 6) is 0. The Kier molecular flexibility index (Phi) is 4.72. The second kappa shape index (κ2) is 6.10. The second-order valence-corrected chi connectivity index (χ2v) is 4.02. The largest absolute Gasteiger partial charge is 0.207 e. The van der Waals surface area contributed by atoms with Crippen LogP contribution in [0.3, 0.4) is 0 Å². The first-order chi connectivity index (χ1) is 7.30. The molecule has 0 radical (unpaired) electrons. The molecule has 72 valence electrons. The van der Waals surface area contributed by atoms with Crippen molar-refractivity contribution in [3.8, 4) is 16.2 Å². The number of nitrogens with zero attached hydrogens (tertiary/aromatic N) is 6. The van der Waals surface area contributed by atoms with Crippen LogP contribution in [0.5, 0.6) is 0 Å². The monoisotopic (exact) mass is 252 g/mol. The molecule has 0 spiro atoms. The van der Waals surface area contributed by atoms with Crippen LogP contribution in [0, 0.1) is 32.0 Å². The van der Waals surface area contributed by atoms with Crippen LogP contribution in [-0.2, 0) is 0 Å². The molecular formula is C6N6S3. The summed E-state index contributed by atoms with van der Waals surface area (Å²) < 4.78 is 0. The average molecular weight is 252 g/mol.